The molecule has 0 bridgehead atoms. The highest BCUT2D eigenvalue weighted by Gasteiger charge is 2.38. The van der Waals surface area contributed by atoms with Gasteiger partial charge < -0.3 is 15.3 Å². The maximum absolute atomic E-state index is 9.75. The van der Waals surface area contributed by atoms with Gasteiger partial charge in [-0.25, -0.2) is 0 Å². The van der Waals surface area contributed by atoms with Crippen LogP contribution in [0.4, 0.5) is 0 Å². The number of hydrogen-bond donors (Lipinski definition) is 2. The van der Waals surface area contributed by atoms with E-state index in [9.17, 15) is 5.11 Å². The smallest absolute Gasteiger partial charge is 0.0611 e. The Balaban J connectivity index is 1.82. The van der Waals surface area contributed by atoms with Crippen molar-refractivity contribution in [2.75, 3.05) is 26.2 Å². The molecular weight excluding hydrogens is 260 g/mol. The Morgan fingerprint density at radius 1 is 1.19 bits per heavy atom. The predicted molar refractivity (Wildman–Crippen MR) is 89.6 cm³/mol. The van der Waals surface area contributed by atoms with Crippen molar-refractivity contribution in [3.8, 4) is 0 Å². The number of rotatable bonds is 7. The summed E-state index contributed by atoms with van der Waals surface area (Å²) < 4.78 is 0. The Hall–Kier alpha value is -0.120. The fourth-order valence-electron chi connectivity index (χ4n) is 4.46. The van der Waals surface area contributed by atoms with Crippen LogP contribution in [0.1, 0.15) is 72.1 Å². The van der Waals surface area contributed by atoms with Gasteiger partial charge in [0, 0.05) is 11.6 Å². The lowest BCUT2D eigenvalue weighted by Crippen LogP contribution is -2.52. The molecule has 1 heterocycles. The second-order valence-corrected chi connectivity index (χ2v) is 7.94. The van der Waals surface area contributed by atoms with E-state index < -0.39 is 0 Å². The van der Waals surface area contributed by atoms with Crippen LogP contribution in [0.15, 0.2) is 0 Å². The van der Waals surface area contributed by atoms with E-state index >= 15 is 0 Å². The fraction of sp³-hybridized carbons (Fsp3) is 1.00. The molecule has 124 valence electrons. The number of hydrogen-bond acceptors (Lipinski definition) is 3. The molecular formula is C18H36N2O. The minimum atomic E-state index is -0.127. The maximum atomic E-state index is 9.75. The van der Waals surface area contributed by atoms with Gasteiger partial charge in [-0.3, -0.25) is 0 Å². The molecule has 0 radical (unpaired) electrons. The van der Waals surface area contributed by atoms with E-state index in [1.807, 2.05) is 0 Å². The molecule has 3 nitrogen and oxygen atoms in total. The molecule has 1 spiro atoms. The molecule has 2 N–H and O–H groups in total. The Morgan fingerprint density at radius 2 is 1.81 bits per heavy atom. The van der Waals surface area contributed by atoms with Crippen molar-refractivity contribution in [2.24, 2.45) is 5.41 Å². The molecule has 21 heavy (non-hydrogen) atoms. The first-order valence-electron chi connectivity index (χ1n) is 9.12. The Morgan fingerprint density at radius 3 is 2.33 bits per heavy atom. The molecule has 2 aliphatic rings. The Labute approximate surface area is 131 Å². The van der Waals surface area contributed by atoms with Gasteiger partial charge in [-0.2, -0.15) is 0 Å². The molecule has 2 unspecified atom stereocenters. The largest absolute Gasteiger partial charge is 0.394 e. The Kier molecular flexibility index (Phi) is 6.10. The number of piperidine rings is 1. The summed E-state index contributed by atoms with van der Waals surface area (Å²) in [5.41, 5.74) is 0.578. The standard InChI is InChI=1S/C18H36N2O/c1-4-11-19-17(3,15-21)14-16(2)20-12-9-18(10-13-20)7-5-6-8-18/h16,19,21H,4-15H2,1-3H3. The Bertz CT molecular complexity index is 304. The van der Waals surface area contributed by atoms with Crippen LogP contribution in [0.3, 0.4) is 0 Å². The number of likely N-dealkylation sites (tertiary alicyclic amines) is 1. The zero-order chi connectivity index (χ0) is 15.3. The van der Waals surface area contributed by atoms with Gasteiger partial charge in [-0.15, -0.1) is 0 Å². The van der Waals surface area contributed by atoms with E-state index in [1.54, 1.807) is 0 Å². The topological polar surface area (TPSA) is 35.5 Å². The zero-order valence-corrected chi connectivity index (χ0v) is 14.5. The van der Waals surface area contributed by atoms with E-state index in [-0.39, 0.29) is 12.1 Å². The minimum Gasteiger partial charge on any atom is -0.394 e. The van der Waals surface area contributed by atoms with Crippen molar-refractivity contribution < 1.29 is 5.11 Å². The average molecular weight is 296 g/mol. The van der Waals surface area contributed by atoms with Crippen molar-refractivity contribution >= 4 is 0 Å². The van der Waals surface area contributed by atoms with Crippen molar-refractivity contribution in [2.45, 2.75) is 83.7 Å². The van der Waals surface area contributed by atoms with Crippen LogP contribution in [0, 0.1) is 5.41 Å². The van der Waals surface area contributed by atoms with Crippen molar-refractivity contribution in [3.05, 3.63) is 0 Å². The molecule has 1 saturated carbocycles. The van der Waals surface area contributed by atoms with Crippen LogP contribution >= 0.6 is 0 Å². The van der Waals surface area contributed by atoms with Gasteiger partial charge >= 0.3 is 0 Å². The summed E-state index contributed by atoms with van der Waals surface area (Å²) in [6.45, 7) is 10.4. The van der Waals surface area contributed by atoms with E-state index in [2.05, 4.69) is 31.0 Å². The van der Waals surface area contributed by atoms with Gasteiger partial charge in [0.05, 0.1) is 6.61 Å². The van der Waals surface area contributed by atoms with E-state index in [1.165, 1.54) is 51.6 Å². The van der Waals surface area contributed by atoms with Crippen LogP contribution in [0.2, 0.25) is 0 Å². The molecule has 2 atom stereocenters. The maximum Gasteiger partial charge on any atom is 0.0611 e. The highest BCUT2D eigenvalue weighted by atomic mass is 16.3. The first kappa shape index (κ1) is 17.2. The molecule has 0 aromatic carbocycles. The van der Waals surface area contributed by atoms with Gasteiger partial charge in [-0.05, 0) is 77.4 Å². The summed E-state index contributed by atoms with van der Waals surface area (Å²) in [6.07, 6.45) is 10.8. The quantitative estimate of drug-likeness (QED) is 0.757. The average Bonchev–Trinajstić information content (AvgIpc) is 2.94. The molecule has 3 heteroatoms. The molecule has 0 amide bonds. The molecule has 2 fully saturated rings. The van der Waals surface area contributed by atoms with Gasteiger partial charge in [0.2, 0.25) is 0 Å². The molecule has 0 aromatic heterocycles. The predicted octanol–water partition coefficient (Wildman–Crippen LogP) is 3.17. The molecule has 0 aromatic rings. The lowest BCUT2D eigenvalue weighted by atomic mass is 9.76. The third-order valence-electron chi connectivity index (χ3n) is 6.04. The SMILES string of the molecule is CCCNC(C)(CO)CC(C)N1CCC2(CCCC2)CC1. The molecule has 2 rings (SSSR count). The summed E-state index contributed by atoms with van der Waals surface area (Å²) in [6, 6.07) is 0.560. The van der Waals surface area contributed by atoms with Gasteiger partial charge in [0.25, 0.3) is 0 Å². The van der Waals surface area contributed by atoms with E-state index in [4.69, 9.17) is 0 Å². The first-order chi connectivity index (χ1) is 10.0. The molecule has 1 aliphatic carbocycles. The highest BCUT2D eigenvalue weighted by molar-refractivity contribution is 4.93. The van der Waals surface area contributed by atoms with Crippen molar-refractivity contribution in [1.29, 1.82) is 0 Å². The second kappa shape index (κ2) is 7.43. The number of aliphatic hydroxyl groups excluding tert-OH is 1. The monoisotopic (exact) mass is 296 g/mol. The first-order valence-corrected chi connectivity index (χ1v) is 9.12. The van der Waals surface area contributed by atoms with Gasteiger partial charge in [-0.1, -0.05) is 19.8 Å². The van der Waals surface area contributed by atoms with Crippen LogP contribution in [0.25, 0.3) is 0 Å². The van der Waals surface area contributed by atoms with Crippen molar-refractivity contribution in [1.82, 2.24) is 10.2 Å². The van der Waals surface area contributed by atoms with Crippen LogP contribution in [-0.2, 0) is 0 Å². The summed E-state index contributed by atoms with van der Waals surface area (Å²) in [4.78, 5) is 2.66. The van der Waals surface area contributed by atoms with Crippen LogP contribution in [-0.4, -0.2) is 47.8 Å². The number of aliphatic hydroxyl groups is 1. The normalized spacial score (nSPS) is 26.9. The van der Waals surface area contributed by atoms with Gasteiger partial charge in [0.15, 0.2) is 0 Å². The third kappa shape index (κ3) is 4.43. The molecule has 1 aliphatic heterocycles. The van der Waals surface area contributed by atoms with Crippen molar-refractivity contribution in [3.63, 3.8) is 0 Å². The lowest BCUT2D eigenvalue weighted by molar-refractivity contribution is 0.0575. The van der Waals surface area contributed by atoms with Gasteiger partial charge in [0.1, 0.15) is 0 Å². The number of nitrogens with one attached hydrogen (secondary N) is 1. The summed E-state index contributed by atoms with van der Waals surface area (Å²) >= 11 is 0. The van der Waals surface area contributed by atoms with E-state index in [0.29, 0.717) is 11.5 Å². The fourth-order valence-corrected chi connectivity index (χ4v) is 4.46. The third-order valence-corrected chi connectivity index (χ3v) is 6.04. The summed E-state index contributed by atoms with van der Waals surface area (Å²) in [5, 5.41) is 13.3. The summed E-state index contributed by atoms with van der Waals surface area (Å²) in [5.74, 6) is 0. The van der Waals surface area contributed by atoms with E-state index in [0.717, 1.165) is 19.4 Å². The number of nitrogens with zero attached hydrogens (tertiary/aromatic N) is 1. The molecule has 1 saturated heterocycles. The minimum absolute atomic E-state index is 0.127. The van der Waals surface area contributed by atoms with Crippen LogP contribution in [0.5, 0.6) is 0 Å². The van der Waals surface area contributed by atoms with Crippen LogP contribution < -0.4 is 5.32 Å². The second-order valence-electron chi connectivity index (χ2n) is 7.94. The zero-order valence-electron chi connectivity index (χ0n) is 14.5. The highest BCUT2D eigenvalue weighted by Crippen LogP contribution is 2.46. The lowest BCUT2D eigenvalue weighted by Gasteiger charge is -2.44. The summed E-state index contributed by atoms with van der Waals surface area (Å²) in [7, 11) is 0.